The SMILES string of the molecule is NCc1c(C(=O)Cl)cncc1C(F)F. The van der Waals surface area contributed by atoms with E-state index < -0.39 is 11.7 Å². The van der Waals surface area contributed by atoms with Gasteiger partial charge in [0.25, 0.3) is 11.7 Å². The number of hydrogen-bond acceptors (Lipinski definition) is 3. The van der Waals surface area contributed by atoms with Gasteiger partial charge in [-0.05, 0) is 17.2 Å². The number of pyridine rings is 1. The van der Waals surface area contributed by atoms with Crippen LogP contribution < -0.4 is 5.73 Å². The van der Waals surface area contributed by atoms with Crippen LogP contribution in [0.25, 0.3) is 0 Å². The Morgan fingerprint density at radius 1 is 1.57 bits per heavy atom. The summed E-state index contributed by atoms with van der Waals surface area (Å²) in [6.45, 7) is -0.171. The smallest absolute Gasteiger partial charge is 0.265 e. The molecule has 0 spiro atoms. The van der Waals surface area contributed by atoms with Crippen molar-refractivity contribution in [1.82, 2.24) is 4.98 Å². The molecule has 1 aromatic rings. The zero-order valence-electron chi connectivity index (χ0n) is 7.01. The number of halogens is 3. The molecule has 0 unspecified atom stereocenters. The average molecular weight is 221 g/mol. The Hall–Kier alpha value is -1.07. The molecule has 0 radical (unpaired) electrons. The molecule has 0 atom stereocenters. The van der Waals surface area contributed by atoms with Crippen molar-refractivity contribution in [1.29, 1.82) is 0 Å². The summed E-state index contributed by atoms with van der Waals surface area (Å²) in [5, 5.41) is -0.833. The molecule has 14 heavy (non-hydrogen) atoms. The molecule has 0 aliphatic heterocycles. The number of nitrogens with two attached hydrogens (primary N) is 1. The molecule has 0 aliphatic rings. The van der Waals surface area contributed by atoms with Gasteiger partial charge in [0.05, 0.1) is 5.56 Å². The molecule has 1 heterocycles. The highest BCUT2D eigenvalue weighted by atomic mass is 35.5. The summed E-state index contributed by atoms with van der Waals surface area (Å²) in [7, 11) is 0. The molecule has 0 saturated heterocycles. The number of aromatic nitrogens is 1. The Balaban J connectivity index is 3.32. The fraction of sp³-hybridized carbons (Fsp3) is 0.250. The molecule has 3 nitrogen and oxygen atoms in total. The normalized spacial score (nSPS) is 10.6. The highest BCUT2D eigenvalue weighted by molar-refractivity contribution is 6.67. The van der Waals surface area contributed by atoms with Crippen LogP contribution in [0.2, 0.25) is 0 Å². The molecule has 6 heteroatoms. The van der Waals surface area contributed by atoms with Gasteiger partial charge in [0.1, 0.15) is 0 Å². The first-order valence-electron chi connectivity index (χ1n) is 3.72. The molecule has 2 N–H and O–H groups in total. The van der Waals surface area contributed by atoms with Crippen molar-refractivity contribution >= 4 is 16.8 Å². The molecular weight excluding hydrogens is 214 g/mol. The molecule has 1 rings (SSSR count). The monoisotopic (exact) mass is 220 g/mol. The fourth-order valence-corrected chi connectivity index (χ4v) is 1.25. The van der Waals surface area contributed by atoms with Gasteiger partial charge in [-0.25, -0.2) is 8.78 Å². The molecular formula is C8H7ClF2N2O. The summed E-state index contributed by atoms with van der Waals surface area (Å²) in [6.07, 6.45) is -0.600. The van der Waals surface area contributed by atoms with Crippen LogP contribution in [-0.2, 0) is 6.54 Å². The van der Waals surface area contributed by atoms with Gasteiger partial charge < -0.3 is 5.73 Å². The van der Waals surface area contributed by atoms with Crippen LogP contribution in [-0.4, -0.2) is 10.2 Å². The molecule has 76 valence electrons. The molecule has 0 fully saturated rings. The molecule has 0 aromatic carbocycles. The van der Waals surface area contributed by atoms with Crippen molar-refractivity contribution < 1.29 is 13.6 Å². The predicted molar refractivity (Wildman–Crippen MR) is 47.3 cm³/mol. The van der Waals surface area contributed by atoms with Crippen molar-refractivity contribution in [3.8, 4) is 0 Å². The second-order valence-electron chi connectivity index (χ2n) is 2.53. The van der Waals surface area contributed by atoms with E-state index in [0.717, 1.165) is 12.4 Å². The van der Waals surface area contributed by atoms with Gasteiger partial charge in [-0.3, -0.25) is 9.78 Å². The van der Waals surface area contributed by atoms with Crippen LogP contribution in [0.5, 0.6) is 0 Å². The summed E-state index contributed by atoms with van der Waals surface area (Å²) in [5.74, 6) is 0. The third-order valence-electron chi connectivity index (χ3n) is 1.74. The molecule has 0 bridgehead atoms. The summed E-state index contributed by atoms with van der Waals surface area (Å²) >= 11 is 5.18. The van der Waals surface area contributed by atoms with Crippen molar-refractivity contribution in [2.24, 2.45) is 5.73 Å². The first kappa shape index (κ1) is 11.0. The lowest BCUT2D eigenvalue weighted by Crippen LogP contribution is -2.09. The second-order valence-corrected chi connectivity index (χ2v) is 2.88. The Kier molecular flexibility index (Phi) is 3.49. The molecule has 0 saturated carbocycles. The lowest BCUT2D eigenvalue weighted by molar-refractivity contribution is 0.107. The number of nitrogens with zero attached hydrogens (tertiary/aromatic N) is 1. The minimum absolute atomic E-state index is 0.0509. The van der Waals surface area contributed by atoms with Gasteiger partial charge in [-0.15, -0.1) is 0 Å². The van der Waals surface area contributed by atoms with Gasteiger partial charge in [0.15, 0.2) is 0 Å². The summed E-state index contributed by atoms with van der Waals surface area (Å²) < 4.78 is 24.8. The van der Waals surface area contributed by atoms with E-state index >= 15 is 0 Å². The van der Waals surface area contributed by atoms with Crippen molar-refractivity contribution in [3.05, 3.63) is 29.1 Å². The Morgan fingerprint density at radius 3 is 2.64 bits per heavy atom. The second kappa shape index (κ2) is 4.43. The number of carbonyl (C=O) groups excluding carboxylic acids is 1. The molecule has 0 aliphatic carbocycles. The van der Waals surface area contributed by atoms with Crippen LogP contribution >= 0.6 is 11.6 Å². The lowest BCUT2D eigenvalue weighted by Gasteiger charge is -2.08. The summed E-state index contributed by atoms with van der Waals surface area (Å²) in [4.78, 5) is 14.3. The summed E-state index contributed by atoms with van der Waals surface area (Å²) in [6, 6.07) is 0. The van der Waals surface area contributed by atoms with Gasteiger partial charge >= 0.3 is 0 Å². The largest absolute Gasteiger partial charge is 0.326 e. The van der Waals surface area contributed by atoms with E-state index in [1.54, 1.807) is 0 Å². The van der Waals surface area contributed by atoms with E-state index in [9.17, 15) is 13.6 Å². The zero-order chi connectivity index (χ0) is 10.7. The fourth-order valence-electron chi connectivity index (χ4n) is 1.09. The van der Waals surface area contributed by atoms with Crippen LogP contribution in [0.15, 0.2) is 12.4 Å². The third kappa shape index (κ3) is 2.05. The molecule has 0 amide bonds. The quantitative estimate of drug-likeness (QED) is 0.791. The average Bonchev–Trinajstić information content (AvgIpc) is 2.16. The van der Waals surface area contributed by atoms with Crippen molar-refractivity contribution in [3.63, 3.8) is 0 Å². The van der Waals surface area contributed by atoms with Gasteiger partial charge in [-0.2, -0.15) is 0 Å². The van der Waals surface area contributed by atoms with E-state index in [1.807, 2.05) is 0 Å². The maximum absolute atomic E-state index is 12.4. The zero-order valence-corrected chi connectivity index (χ0v) is 7.76. The standard InChI is InChI=1S/C8H7ClF2N2O/c9-7(14)5-2-13-3-6(8(10)11)4(5)1-12/h2-3,8H,1,12H2. The van der Waals surface area contributed by atoms with Crippen LogP contribution in [0.1, 0.15) is 27.9 Å². The molecule has 1 aromatic heterocycles. The first-order chi connectivity index (χ1) is 6.57. The van der Waals surface area contributed by atoms with E-state index in [0.29, 0.717) is 0 Å². The number of alkyl halides is 2. The summed E-state index contributed by atoms with van der Waals surface area (Å²) in [5.41, 5.74) is 4.89. The van der Waals surface area contributed by atoms with E-state index in [-0.39, 0.29) is 23.2 Å². The number of rotatable bonds is 3. The maximum atomic E-state index is 12.4. The minimum atomic E-state index is -2.71. The third-order valence-corrected chi connectivity index (χ3v) is 1.95. The predicted octanol–water partition coefficient (Wildman–Crippen LogP) is 1.86. The highest BCUT2D eigenvalue weighted by Gasteiger charge is 2.18. The Morgan fingerprint density at radius 2 is 2.21 bits per heavy atom. The van der Waals surface area contributed by atoms with Crippen molar-refractivity contribution in [2.75, 3.05) is 0 Å². The van der Waals surface area contributed by atoms with Crippen LogP contribution in [0.3, 0.4) is 0 Å². The van der Waals surface area contributed by atoms with Gasteiger partial charge in [0.2, 0.25) is 0 Å². The van der Waals surface area contributed by atoms with E-state index in [2.05, 4.69) is 4.98 Å². The van der Waals surface area contributed by atoms with Gasteiger partial charge in [0, 0.05) is 24.5 Å². The number of hydrogen-bond donors (Lipinski definition) is 1. The Labute approximate surface area is 83.9 Å². The first-order valence-corrected chi connectivity index (χ1v) is 4.10. The number of carbonyl (C=O) groups is 1. The van der Waals surface area contributed by atoms with Crippen LogP contribution in [0.4, 0.5) is 8.78 Å². The van der Waals surface area contributed by atoms with E-state index in [1.165, 1.54) is 0 Å². The van der Waals surface area contributed by atoms with Gasteiger partial charge in [-0.1, -0.05) is 0 Å². The van der Waals surface area contributed by atoms with E-state index in [4.69, 9.17) is 17.3 Å². The van der Waals surface area contributed by atoms with Crippen molar-refractivity contribution in [2.45, 2.75) is 13.0 Å². The topological polar surface area (TPSA) is 56.0 Å². The maximum Gasteiger partial charge on any atom is 0.265 e. The minimum Gasteiger partial charge on any atom is -0.326 e. The Bertz CT molecular complexity index is 357. The highest BCUT2D eigenvalue weighted by Crippen LogP contribution is 2.24. The lowest BCUT2D eigenvalue weighted by atomic mass is 10.1. The van der Waals surface area contributed by atoms with Crippen LogP contribution in [0, 0.1) is 0 Å².